The van der Waals surface area contributed by atoms with Gasteiger partial charge in [-0.3, -0.25) is 14.0 Å². The molecule has 0 N–H and O–H groups in total. The molecule has 0 spiro atoms. The van der Waals surface area contributed by atoms with E-state index in [1.54, 1.807) is 6.07 Å². The van der Waals surface area contributed by atoms with Gasteiger partial charge < -0.3 is 9.32 Å². The predicted molar refractivity (Wildman–Crippen MR) is 98.3 cm³/mol. The Morgan fingerprint density at radius 3 is 2.88 bits per heavy atom. The van der Waals surface area contributed by atoms with Crippen LogP contribution in [0.4, 0.5) is 0 Å². The smallest absolute Gasteiger partial charge is 0.291 e. The van der Waals surface area contributed by atoms with Crippen molar-refractivity contribution in [3.05, 3.63) is 34.1 Å². The first-order valence-corrected chi connectivity index (χ1v) is 9.27. The number of aryl methyl sites for hydroxylation is 2. The summed E-state index contributed by atoms with van der Waals surface area (Å²) in [6.07, 6.45) is 2.82. The third-order valence-corrected chi connectivity index (χ3v) is 5.17. The maximum absolute atomic E-state index is 12.9. The third kappa shape index (κ3) is 2.71. The average Bonchev–Trinajstić information content (AvgIpc) is 3.13. The van der Waals surface area contributed by atoms with E-state index in [0.717, 1.165) is 43.0 Å². The number of hydrogen-bond donors (Lipinski definition) is 0. The maximum atomic E-state index is 12.9. The standard InChI is InChI=1S/C19H24N4O3/c1-4-17-20-22(11-18(24)21-7-5-6-12(2)10-21)19(25)15-9-16-14(23(15)17)8-13(3)26-16/h8-9,12H,4-7,10-11H2,1-3H3. The highest BCUT2D eigenvalue weighted by Crippen LogP contribution is 2.23. The number of aromatic nitrogens is 3. The van der Waals surface area contributed by atoms with Gasteiger partial charge in [0.1, 0.15) is 23.6 Å². The van der Waals surface area contributed by atoms with Gasteiger partial charge >= 0.3 is 0 Å². The monoisotopic (exact) mass is 356 g/mol. The summed E-state index contributed by atoms with van der Waals surface area (Å²) in [6, 6.07) is 3.66. The van der Waals surface area contributed by atoms with Crippen molar-refractivity contribution in [2.45, 2.75) is 46.6 Å². The van der Waals surface area contributed by atoms with Gasteiger partial charge in [-0.15, -0.1) is 0 Å². The van der Waals surface area contributed by atoms with E-state index in [1.165, 1.54) is 4.68 Å². The summed E-state index contributed by atoms with van der Waals surface area (Å²) in [4.78, 5) is 27.4. The molecule has 3 aromatic heterocycles. The van der Waals surface area contributed by atoms with E-state index in [-0.39, 0.29) is 18.0 Å². The quantitative estimate of drug-likeness (QED) is 0.722. The molecule has 4 rings (SSSR count). The number of hydrogen-bond acceptors (Lipinski definition) is 4. The Kier molecular flexibility index (Phi) is 4.09. The lowest BCUT2D eigenvalue weighted by Gasteiger charge is -2.31. The van der Waals surface area contributed by atoms with Crippen molar-refractivity contribution in [1.29, 1.82) is 0 Å². The molecule has 0 aromatic carbocycles. The van der Waals surface area contributed by atoms with Gasteiger partial charge in [-0.2, -0.15) is 5.10 Å². The largest absolute Gasteiger partial charge is 0.460 e. The van der Waals surface area contributed by atoms with Crippen molar-refractivity contribution in [2.75, 3.05) is 13.1 Å². The Balaban J connectivity index is 1.75. The molecular formula is C19H24N4O3. The Hall–Kier alpha value is -2.57. The Labute approximate surface area is 151 Å². The first-order valence-electron chi connectivity index (χ1n) is 9.27. The van der Waals surface area contributed by atoms with Crippen molar-refractivity contribution in [3.8, 4) is 0 Å². The number of carbonyl (C=O) groups excluding carboxylic acids is 1. The number of piperidine rings is 1. The second-order valence-electron chi connectivity index (χ2n) is 7.29. The van der Waals surface area contributed by atoms with E-state index in [2.05, 4.69) is 12.0 Å². The maximum Gasteiger partial charge on any atom is 0.291 e. The van der Waals surface area contributed by atoms with Gasteiger partial charge in [0.15, 0.2) is 5.58 Å². The summed E-state index contributed by atoms with van der Waals surface area (Å²) in [7, 11) is 0. The zero-order valence-electron chi connectivity index (χ0n) is 15.5. The van der Waals surface area contributed by atoms with Crippen molar-refractivity contribution in [3.63, 3.8) is 0 Å². The summed E-state index contributed by atoms with van der Waals surface area (Å²) >= 11 is 0. The molecule has 7 heteroatoms. The molecule has 4 heterocycles. The van der Waals surface area contributed by atoms with Crippen LogP contribution in [0.15, 0.2) is 21.3 Å². The number of carbonyl (C=O) groups is 1. The molecule has 1 atom stereocenters. The van der Waals surface area contributed by atoms with Crippen molar-refractivity contribution >= 4 is 22.5 Å². The van der Waals surface area contributed by atoms with Crippen molar-refractivity contribution in [2.24, 2.45) is 5.92 Å². The zero-order valence-corrected chi connectivity index (χ0v) is 15.5. The van der Waals surface area contributed by atoms with Gasteiger partial charge in [-0.25, -0.2) is 4.68 Å². The number of amides is 1. The second-order valence-corrected chi connectivity index (χ2v) is 7.29. The number of nitrogens with zero attached hydrogens (tertiary/aromatic N) is 4. The van der Waals surface area contributed by atoms with E-state index in [1.807, 2.05) is 29.2 Å². The lowest BCUT2D eigenvalue weighted by atomic mass is 10.0. The lowest BCUT2D eigenvalue weighted by molar-refractivity contribution is -0.133. The average molecular weight is 356 g/mol. The molecular weight excluding hydrogens is 332 g/mol. The summed E-state index contributed by atoms with van der Waals surface area (Å²) in [5.74, 6) is 2.01. The molecule has 3 aromatic rings. The Bertz CT molecular complexity index is 1040. The molecule has 0 saturated carbocycles. The van der Waals surface area contributed by atoms with Crippen LogP contribution in [0.25, 0.3) is 16.6 Å². The molecule has 1 unspecified atom stereocenters. The fourth-order valence-corrected chi connectivity index (χ4v) is 3.89. The highest BCUT2D eigenvalue weighted by atomic mass is 16.3. The van der Waals surface area contributed by atoms with Gasteiger partial charge in [0.25, 0.3) is 5.56 Å². The van der Waals surface area contributed by atoms with E-state index in [0.29, 0.717) is 23.4 Å². The molecule has 1 saturated heterocycles. The topological polar surface area (TPSA) is 72.8 Å². The molecule has 138 valence electrons. The number of rotatable bonds is 3. The molecule has 1 aliphatic rings. The third-order valence-electron chi connectivity index (χ3n) is 5.17. The van der Waals surface area contributed by atoms with Crippen LogP contribution in [0, 0.1) is 12.8 Å². The molecule has 1 amide bonds. The zero-order chi connectivity index (χ0) is 18.4. The van der Waals surface area contributed by atoms with Gasteiger partial charge in [0.2, 0.25) is 5.91 Å². The van der Waals surface area contributed by atoms with Crippen LogP contribution in [0.1, 0.15) is 38.3 Å². The summed E-state index contributed by atoms with van der Waals surface area (Å²) in [6.45, 7) is 7.53. The van der Waals surface area contributed by atoms with Crippen molar-refractivity contribution in [1.82, 2.24) is 19.1 Å². The Morgan fingerprint density at radius 1 is 1.35 bits per heavy atom. The van der Waals surface area contributed by atoms with Crippen LogP contribution in [-0.2, 0) is 17.8 Å². The second kappa shape index (κ2) is 6.30. The van der Waals surface area contributed by atoms with Crippen LogP contribution < -0.4 is 5.56 Å². The summed E-state index contributed by atoms with van der Waals surface area (Å²) < 4.78 is 8.82. The first kappa shape index (κ1) is 16.9. The molecule has 0 radical (unpaired) electrons. The minimum absolute atomic E-state index is 0.0133. The molecule has 1 fully saturated rings. The normalized spacial score (nSPS) is 18.1. The predicted octanol–water partition coefficient (Wildman–Crippen LogP) is 2.37. The summed E-state index contributed by atoms with van der Waals surface area (Å²) in [5.41, 5.74) is 1.77. The van der Waals surface area contributed by atoms with Gasteiger partial charge in [-0.05, 0) is 25.7 Å². The first-order chi connectivity index (χ1) is 12.5. The van der Waals surface area contributed by atoms with E-state index in [9.17, 15) is 9.59 Å². The van der Waals surface area contributed by atoms with E-state index < -0.39 is 0 Å². The van der Waals surface area contributed by atoms with Crippen molar-refractivity contribution < 1.29 is 9.21 Å². The number of furan rings is 1. The highest BCUT2D eigenvalue weighted by molar-refractivity contribution is 5.83. The molecule has 26 heavy (non-hydrogen) atoms. The molecule has 7 nitrogen and oxygen atoms in total. The minimum atomic E-state index is -0.260. The van der Waals surface area contributed by atoms with Crippen LogP contribution >= 0.6 is 0 Å². The number of likely N-dealkylation sites (tertiary alicyclic amines) is 1. The number of fused-ring (bicyclic) bond motifs is 3. The lowest BCUT2D eigenvalue weighted by Crippen LogP contribution is -2.43. The van der Waals surface area contributed by atoms with Crippen LogP contribution in [0.5, 0.6) is 0 Å². The SMILES string of the molecule is CCc1nn(CC(=O)N2CCCC(C)C2)c(=O)c2cc3oc(C)cc3n12. The van der Waals surface area contributed by atoms with Crippen LogP contribution in [-0.4, -0.2) is 38.1 Å². The highest BCUT2D eigenvalue weighted by Gasteiger charge is 2.23. The van der Waals surface area contributed by atoms with Crippen LogP contribution in [0.2, 0.25) is 0 Å². The van der Waals surface area contributed by atoms with Crippen LogP contribution in [0.3, 0.4) is 0 Å². The van der Waals surface area contributed by atoms with Gasteiger partial charge in [-0.1, -0.05) is 13.8 Å². The molecule has 1 aliphatic heterocycles. The summed E-state index contributed by atoms with van der Waals surface area (Å²) in [5, 5.41) is 4.48. The Morgan fingerprint density at radius 2 is 2.15 bits per heavy atom. The fourth-order valence-electron chi connectivity index (χ4n) is 3.89. The van der Waals surface area contributed by atoms with Gasteiger partial charge in [0.05, 0.1) is 5.52 Å². The molecule has 0 aliphatic carbocycles. The minimum Gasteiger partial charge on any atom is -0.460 e. The van der Waals surface area contributed by atoms with E-state index >= 15 is 0 Å². The molecule has 0 bridgehead atoms. The van der Waals surface area contributed by atoms with Gasteiger partial charge in [0, 0.05) is 31.6 Å². The fraction of sp³-hybridized carbons (Fsp3) is 0.526. The van der Waals surface area contributed by atoms with E-state index in [4.69, 9.17) is 4.42 Å².